The van der Waals surface area contributed by atoms with E-state index in [4.69, 9.17) is 10.5 Å². The molecule has 2 aromatic carbocycles. The van der Waals surface area contributed by atoms with E-state index in [1.54, 1.807) is 6.07 Å². The van der Waals surface area contributed by atoms with Crippen LogP contribution in [0.4, 0.5) is 16.2 Å². The first-order valence-electron chi connectivity index (χ1n) is 7.55. The SMILES string of the molecule is CCCCc1ccc(NC(=O)OCc2ccccc2)cc1N. The van der Waals surface area contributed by atoms with Crippen LogP contribution in [0, 0.1) is 0 Å². The lowest BCUT2D eigenvalue weighted by Crippen LogP contribution is -2.13. The maximum Gasteiger partial charge on any atom is 0.411 e. The number of aryl methyl sites for hydroxylation is 1. The fourth-order valence-electron chi connectivity index (χ4n) is 2.14. The number of carbonyl (C=O) groups excluding carboxylic acids is 1. The van der Waals surface area contributed by atoms with Gasteiger partial charge in [-0.3, -0.25) is 5.32 Å². The highest BCUT2D eigenvalue weighted by Crippen LogP contribution is 2.20. The van der Waals surface area contributed by atoms with Gasteiger partial charge in [0, 0.05) is 11.4 Å². The van der Waals surface area contributed by atoms with E-state index in [9.17, 15) is 4.79 Å². The molecule has 2 rings (SSSR count). The topological polar surface area (TPSA) is 64.3 Å². The fraction of sp³-hybridized carbons (Fsp3) is 0.278. The molecule has 0 aliphatic carbocycles. The Morgan fingerprint density at radius 3 is 2.64 bits per heavy atom. The summed E-state index contributed by atoms with van der Waals surface area (Å²) in [5, 5.41) is 2.70. The van der Waals surface area contributed by atoms with Crippen LogP contribution in [0.25, 0.3) is 0 Å². The largest absolute Gasteiger partial charge is 0.444 e. The Labute approximate surface area is 131 Å². The van der Waals surface area contributed by atoms with Crippen molar-refractivity contribution in [3.63, 3.8) is 0 Å². The van der Waals surface area contributed by atoms with Crippen molar-refractivity contribution in [2.45, 2.75) is 32.8 Å². The van der Waals surface area contributed by atoms with Gasteiger partial charge in [0.1, 0.15) is 6.61 Å². The van der Waals surface area contributed by atoms with Crippen LogP contribution in [0.5, 0.6) is 0 Å². The normalized spacial score (nSPS) is 10.2. The second kappa shape index (κ2) is 8.08. The lowest BCUT2D eigenvalue weighted by atomic mass is 10.1. The molecule has 1 amide bonds. The van der Waals surface area contributed by atoms with Crippen molar-refractivity contribution in [2.75, 3.05) is 11.1 Å². The van der Waals surface area contributed by atoms with Gasteiger partial charge in [-0.2, -0.15) is 0 Å². The first-order valence-corrected chi connectivity index (χ1v) is 7.55. The zero-order valence-electron chi connectivity index (χ0n) is 12.8. The minimum atomic E-state index is -0.482. The summed E-state index contributed by atoms with van der Waals surface area (Å²) in [5.74, 6) is 0. The van der Waals surface area contributed by atoms with Crippen LogP contribution in [0.15, 0.2) is 48.5 Å². The number of nitrogen functional groups attached to an aromatic ring is 1. The molecule has 2 aromatic rings. The lowest BCUT2D eigenvalue weighted by molar-refractivity contribution is 0.155. The summed E-state index contributed by atoms with van der Waals surface area (Å²) in [6.45, 7) is 2.39. The van der Waals surface area contributed by atoms with Gasteiger partial charge >= 0.3 is 6.09 Å². The minimum Gasteiger partial charge on any atom is -0.444 e. The summed E-state index contributed by atoms with van der Waals surface area (Å²) in [6, 6.07) is 15.1. The van der Waals surface area contributed by atoms with Gasteiger partial charge in [-0.05, 0) is 36.1 Å². The van der Waals surface area contributed by atoms with Crippen molar-refractivity contribution in [3.8, 4) is 0 Å². The second-order valence-electron chi connectivity index (χ2n) is 5.20. The number of unbranched alkanes of at least 4 members (excludes halogenated alkanes) is 1. The molecule has 0 saturated carbocycles. The number of hydrogen-bond donors (Lipinski definition) is 2. The van der Waals surface area contributed by atoms with Gasteiger partial charge in [-0.25, -0.2) is 4.79 Å². The molecule has 116 valence electrons. The molecule has 4 heteroatoms. The van der Waals surface area contributed by atoms with Crippen LogP contribution in [-0.4, -0.2) is 6.09 Å². The van der Waals surface area contributed by atoms with Gasteiger partial charge in [0.15, 0.2) is 0 Å². The number of anilines is 2. The molecule has 0 spiro atoms. The highest BCUT2D eigenvalue weighted by molar-refractivity contribution is 5.85. The van der Waals surface area contributed by atoms with Crippen molar-refractivity contribution in [2.24, 2.45) is 0 Å². The molecular weight excluding hydrogens is 276 g/mol. The Hall–Kier alpha value is -2.49. The van der Waals surface area contributed by atoms with Gasteiger partial charge in [0.2, 0.25) is 0 Å². The summed E-state index contributed by atoms with van der Waals surface area (Å²) in [7, 11) is 0. The van der Waals surface area contributed by atoms with Gasteiger partial charge < -0.3 is 10.5 Å². The standard InChI is InChI=1S/C18H22N2O2/c1-2-3-9-15-10-11-16(12-17(15)19)20-18(21)22-13-14-7-5-4-6-8-14/h4-8,10-12H,2-3,9,13,19H2,1H3,(H,20,21). The van der Waals surface area contributed by atoms with E-state index in [1.807, 2.05) is 42.5 Å². The minimum absolute atomic E-state index is 0.247. The second-order valence-corrected chi connectivity index (χ2v) is 5.20. The Kier molecular flexibility index (Phi) is 5.83. The van der Waals surface area contributed by atoms with E-state index in [2.05, 4.69) is 12.2 Å². The zero-order chi connectivity index (χ0) is 15.8. The Bertz CT molecular complexity index is 612. The number of nitrogens with two attached hydrogens (primary N) is 1. The van der Waals surface area contributed by atoms with Gasteiger partial charge in [-0.1, -0.05) is 49.7 Å². The number of amides is 1. The van der Waals surface area contributed by atoms with E-state index >= 15 is 0 Å². The fourth-order valence-corrected chi connectivity index (χ4v) is 2.14. The molecule has 0 saturated heterocycles. The van der Waals surface area contributed by atoms with E-state index in [0.717, 1.165) is 30.4 Å². The number of hydrogen-bond acceptors (Lipinski definition) is 3. The van der Waals surface area contributed by atoms with E-state index in [0.29, 0.717) is 11.4 Å². The predicted molar refractivity (Wildman–Crippen MR) is 89.7 cm³/mol. The quantitative estimate of drug-likeness (QED) is 0.779. The van der Waals surface area contributed by atoms with Crippen LogP contribution in [-0.2, 0) is 17.8 Å². The van der Waals surface area contributed by atoms with E-state index in [1.165, 1.54) is 0 Å². The molecule has 0 unspecified atom stereocenters. The van der Waals surface area contributed by atoms with Gasteiger partial charge in [0.25, 0.3) is 0 Å². The molecule has 0 atom stereocenters. The van der Waals surface area contributed by atoms with Crippen molar-refractivity contribution in [1.82, 2.24) is 0 Å². The Morgan fingerprint density at radius 2 is 1.95 bits per heavy atom. The average Bonchev–Trinajstić information content (AvgIpc) is 2.53. The summed E-state index contributed by atoms with van der Waals surface area (Å²) >= 11 is 0. The van der Waals surface area contributed by atoms with Crippen LogP contribution >= 0.6 is 0 Å². The predicted octanol–water partition coefficient (Wildman–Crippen LogP) is 4.36. The first kappa shape index (κ1) is 15.9. The number of nitrogens with one attached hydrogen (secondary N) is 1. The number of ether oxygens (including phenoxy) is 1. The zero-order valence-corrected chi connectivity index (χ0v) is 12.8. The van der Waals surface area contributed by atoms with Crippen molar-refractivity contribution in [3.05, 3.63) is 59.7 Å². The monoisotopic (exact) mass is 298 g/mol. The summed E-state index contributed by atoms with van der Waals surface area (Å²) in [4.78, 5) is 11.8. The van der Waals surface area contributed by atoms with Crippen molar-refractivity contribution < 1.29 is 9.53 Å². The van der Waals surface area contributed by atoms with Gasteiger partial charge in [-0.15, -0.1) is 0 Å². The first-order chi connectivity index (χ1) is 10.7. The van der Waals surface area contributed by atoms with Gasteiger partial charge in [0.05, 0.1) is 0 Å². The molecule has 22 heavy (non-hydrogen) atoms. The molecule has 3 N–H and O–H groups in total. The number of benzene rings is 2. The summed E-state index contributed by atoms with van der Waals surface area (Å²) in [5.41, 5.74) is 9.43. The van der Waals surface area contributed by atoms with Crippen LogP contribution in [0.1, 0.15) is 30.9 Å². The molecule has 0 aliphatic rings. The Balaban J connectivity index is 1.87. The smallest absolute Gasteiger partial charge is 0.411 e. The molecule has 0 aromatic heterocycles. The van der Waals surface area contributed by atoms with E-state index in [-0.39, 0.29) is 6.61 Å². The molecular formula is C18H22N2O2. The number of rotatable bonds is 6. The molecule has 0 heterocycles. The summed E-state index contributed by atoms with van der Waals surface area (Å²) < 4.78 is 5.18. The molecule has 0 radical (unpaired) electrons. The maximum absolute atomic E-state index is 11.8. The van der Waals surface area contributed by atoms with Crippen molar-refractivity contribution in [1.29, 1.82) is 0 Å². The highest BCUT2D eigenvalue weighted by atomic mass is 16.5. The van der Waals surface area contributed by atoms with Crippen LogP contribution in [0.2, 0.25) is 0 Å². The van der Waals surface area contributed by atoms with Crippen LogP contribution < -0.4 is 11.1 Å². The molecule has 0 aliphatic heterocycles. The third kappa shape index (κ3) is 4.81. The number of carbonyl (C=O) groups is 1. The highest BCUT2D eigenvalue weighted by Gasteiger charge is 2.06. The third-order valence-corrected chi connectivity index (χ3v) is 3.40. The molecule has 4 nitrogen and oxygen atoms in total. The lowest BCUT2D eigenvalue weighted by Gasteiger charge is -2.10. The van der Waals surface area contributed by atoms with Crippen molar-refractivity contribution >= 4 is 17.5 Å². The maximum atomic E-state index is 11.8. The third-order valence-electron chi connectivity index (χ3n) is 3.40. The van der Waals surface area contributed by atoms with Crippen LogP contribution in [0.3, 0.4) is 0 Å². The van der Waals surface area contributed by atoms with E-state index < -0.39 is 6.09 Å². The Morgan fingerprint density at radius 1 is 1.18 bits per heavy atom. The molecule has 0 fully saturated rings. The average molecular weight is 298 g/mol. The summed E-state index contributed by atoms with van der Waals surface area (Å²) in [6.07, 6.45) is 2.71. The molecule has 0 bridgehead atoms.